The maximum Gasteiger partial charge on any atom is 0.405 e. The van der Waals surface area contributed by atoms with Gasteiger partial charge in [0.1, 0.15) is 12.2 Å². The minimum atomic E-state index is -3.85. The van der Waals surface area contributed by atoms with Crippen LogP contribution in [0.15, 0.2) is 48.7 Å². The molecule has 2 fully saturated rings. The zero-order chi connectivity index (χ0) is 29.8. The number of amides is 1. The molecule has 0 saturated carbocycles. The second-order valence-corrected chi connectivity index (χ2v) is 14.2. The van der Waals surface area contributed by atoms with Crippen molar-refractivity contribution in [2.75, 3.05) is 19.0 Å². The van der Waals surface area contributed by atoms with Crippen LogP contribution in [0.2, 0.25) is 0 Å². The van der Waals surface area contributed by atoms with E-state index in [0.29, 0.717) is 5.75 Å². The molecule has 1 amide bonds. The van der Waals surface area contributed by atoms with Gasteiger partial charge in [0, 0.05) is 17.7 Å². The molecule has 5 unspecified atom stereocenters. The van der Waals surface area contributed by atoms with Gasteiger partial charge < -0.3 is 24.7 Å². The van der Waals surface area contributed by atoms with Gasteiger partial charge >= 0.3 is 7.75 Å². The molecule has 4 rings (SSSR count). The smallest absolute Gasteiger partial charge is 0.404 e. The van der Waals surface area contributed by atoms with E-state index in [2.05, 4.69) is 11.3 Å². The van der Waals surface area contributed by atoms with Gasteiger partial charge in [-0.05, 0) is 25.0 Å². The van der Waals surface area contributed by atoms with Gasteiger partial charge in [0.25, 0.3) is 6.23 Å². The normalized spacial score (nSPS) is 25.0. The zero-order valence-corrected chi connectivity index (χ0v) is 25.6. The highest BCUT2D eigenvalue weighted by atomic mass is 32.2. The van der Waals surface area contributed by atoms with Crippen molar-refractivity contribution in [1.29, 1.82) is 0 Å². The summed E-state index contributed by atoms with van der Waals surface area (Å²) in [4.78, 5) is 24.0. The summed E-state index contributed by atoms with van der Waals surface area (Å²) in [6, 6.07) is 12.7. The van der Waals surface area contributed by atoms with Crippen molar-refractivity contribution >= 4 is 30.5 Å². The van der Waals surface area contributed by atoms with Gasteiger partial charge in [0.2, 0.25) is 0 Å². The summed E-state index contributed by atoms with van der Waals surface area (Å²) in [5.41, 5.74) is 6.03. The van der Waals surface area contributed by atoms with E-state index in [0.717, 1.165) is 17.3 Å². The van der Waals surface area contributed by atoms with E-state index in [1.54, 1.807) is 36.7 Å². The minimum Gasteiger partial charge on any atom is -0.404 e. The van der Waals surface area contributed by atoms with Gasteiger partial charge in [-0.1, -0.05) is 68.9 Å². The number of carbonyl (C=O) groups excluding carboxylic acids is 2. The number of carbonyl (C=O) groups is 2. The molecular formula is C28H38N3O8PS. The van der Waals surface area contributed by atoms with Crippen LogP contribution in [0.4, 0.5) is 0 Å². The van der Waals surface area contributed by atoms with E-state index >= 15 is 0 Å². The molecule has 2 aromatic rings. The van der Waals surface area contributed by atoms with E-state index < -0.39 is 49.4 Å². The lowest BCUT2D eigenvalue weighted by Gasteiger charge is -2.25. The Kier molecular flexibility index (Phi) is 10.1. The van der Waals surface area contributed by atoms with E-state index in [1.165, 1.54) is 0 Å². The SMILES string of the molecule is CC1(C)OC2C(COP(=O)(NCc3ccccc3)OCCSC(=O)C(C)(C)C)OC([n+]3[c-]c(C(N)=O)ccc3)C2O1. The number of nitrogens with two attached hydrogens (primary N) is 1. The van der Waals surface area contributed by atoms with Crippen LogP contribution in [0, 0.1) is 11.6 Å². The molecule has 41 heavy (non-hydrogen) atoms. The van der Waals surface area contributed by atoms with Gasteiger partial charge in [-0.2, -0.15) is 0 Å². The van der Waals surface area contributed by atoms with Crippen LogP contribution in [0.5, 0.6) is 0 Å². The van der Waals surface area contributed by atoms with Crippen LogP contribution >= 0.6 is 19.5 Å². The largest absolute Gasteiger partial charge is 0.405 e. The number of hydrogen-bond donors (Lipinski definition) is 2. The topological polar surface area (TPSA) is 139 Å². The van der Waals surface area contributed by atoms with E-state index in [9.17, 15) is 14.2 Å². The maximum atomic E-state index is 13.8. The molecule has 0 aliphatic carbocycles. The number of rotatable bonds is 12. The molecule has 1 aromatic carbocycles. The Bertz CT molecular complexity index is 1270. The minimum absolute atomic E-state index is 0.0150. The van der Waals surface area contributed by atoms with Crippen LogP contribution in [0.3, 0.4) is 0 Å². The Morgan fingerprint density at radius 1 is 1.12 bits per heavy atom. The second-order valence-electron chi connectivity index (χ2n) is 11.3. The number of ether oxygens (including phenoxy) is 3. The van der Waals surface area contributed by atoms with Gasteiger partial charge in [-0.25, -0.2) is 9.65 Å². The summed E-state index contributed by atoms with van der Waals surface area (Å²) < 4.78 is 45.6. The van der Waals surface area contributed by atoms with Crippen molar-refractivity contribution in [3.8, 4) is 0 Å². The maximum absolute atomic E-state index is 13.8. The summed E-state index contributed by atoms with van der Waals surface area (Å²) in [5, 5.41) is 2.94. The third kappa shape index (κ3) is 8.46. The Hall–Kier alpha value is -2.15. The monoisotopic (exact) mass is 607 g/mol. The third-order valence-corrected chi connectivity index (χ3v) is 9.14. The highest BCUT2D eigenvalue weighted by Gasteiger charge is 2.59. The lowest BCUT2D eigenvalue weighted by molar-refractivity contribution is -0.769. The zero-order valence-electron chi connectivity index (χ0n) is 23.9. The van der Waals surface area contributed by atoms with E-state index in [1.807, 2.05) is 51.1 Å². The van der Waals surface area contributed by atoms with Crippen molar-refractivity contribution in [3.63, 3.8) is 0 Å². The molecule has 1 aromatic heterocycles. The molecule has 3 heterocycles. The molecular weight excluding hydrogens is 569 g/mol. The number of pyridine rings is 1. The molecule has 224 valence electrons. The summed E-state index contributed by atoms with van der Waals surface area (Å²) in [5.74, 6) is -1.21. The molecule has 0 spiro atoms. The Labute approximate surface area is 245 Å². The Morgan fingerprint density at radius 3 is 2.51 bits per heavy atom. The van der Waals surface area contributed by atoms with Crippen molar-refractivity contribution < 1.29 is 42.0 Å². The number of benzene rings is 1. The molecule has 0 radical (unpaired) electrons. The fraction of sp³-hybridized carbons (Fsp3) is 0.536. The first-order valence-electron chi connectivity index (χ1n) is 13.4. The predicted octanol–water partition coefficient (Wildman–Crippen LogP) is 3.53. The number of primary amides is 1. The predicted molar refractivity (Wildman–Crippen MR) is 151 cm³/mol. The molecule has 2 aliphatic heterocycles. The summed E-state index contributed by atoms with van der Waals surface area (Å²) in [7, 11) is -3.85. The van der Waals surface area contributed by atoms with E-state index in [-0.39, 0.29) is 30.4 Å². The van der Waals surface area contributed by atoms with Crippen LogP contribution in [0.1, 0.15) is 56.8 Å². The average molecular weight is 608 g/mol. The molecule has 0 bridgehead atoms. The van der Waals surface area contributed by atoms with Crippen LogP contribution in [-0.2, 0) is 39.2 Å². The molecule has 13 heteroatoms. The first-order valence-corrected chi connectivity index (χ1v) is 15.9. The van der Waals surface area contributed by atoms with Gasteiger partial charge in [-0.3, -0.25) is 18.4 Å². The molecule has 11 nitrogen and oxygen atoms in total. The summed E-state index contributed by atoms with van der Waals surface area (Å²) >= 11 is 1.13. The van der Waals surface area contributed by atoms with Crippen LogP contribution < -0.4 is 15.4 Å². The fourth-order valence-electron chi connectivity index (χ4n) is 4.34. The van der Waals surface area contributed by atoms with Crippen LogP contribution in [-0.4, -0.2) is 54.1 Å². The van der Waals surface area contributed by atoms with Crippen molar-refractivity contribution in [3.05, 3.63) is 66.0 Å². The third-order valence-electron chi connectivity index (χ3n) is 6.34. The molecule has 2 saturated heterocycles. The highest BCUT2D eigenvalue weighted by molar-refractivity contribution is 8.13. The number of thioether (sulfide) groups is 1. The first-order chi connectivity index (χ1) is 19.3. The van der Waals surface area contributed by atoms with Gasteiger partial charge in [0.15, 0.2) is 29.1 Å². The second kappa shape index (κ2) is 13.0. The average Bonchev–Trinajstić information content (AvgIpc) is 3.41. The summed E-state index contributed by atoms with van der Waals surface area (Å²) in [6.07, 6.45) is 2.12. The molecule has 2 aliphatic rings. The number of nitrogens with one attached hydrogen (secondary N) is 1. The Balaban J connectivity index is 1.46. The fourth-order valence-corrected chi connectivity index (χ4v) is 6.56. The van der Waals surface area contributed by atoms with Gasteiger partial charge in [0.05, 0.1) is 19.4 Å². The molecule has 3 N–H and O–H groups in total. The standard InChI is InChI=1S/C28H38N3O8PS/c1-27(2,3)26(33)41-15-14-35-40(34,30-16-19-10-7-6-8-11-19)36-18-21-22-23(39-28(4,5)38-22)25(37-21)31-13-9-12-20(17-31)24(29)32/h6-13,21-23,25H,14-16,18H2,1-5H3,(H2,29,32)(H,30,34). The lowest BCUT2D eigenvalue weighted by Crippen LogP contribution is -2.47. The highest BCUT2D eigenvalue weighted by Crippen LogP contribution is 2.47. The first kappa shape index (κ1) is 31.8. The van der Waals surface area contributed by atoms with Gasteiger partial charge in [-0.15, -0.1) is 6.07 Å². The van der Waals surface area contributed by atoms with Crippen molar-refractivity contribution in [2.24, 2.45) is 11.1 Å². The van der Waals surface area contributed by atoms with Crippen molar-refractivity contribution in [1.82, 2.24) is 5.09 Å². The number of aromatic nitrogens is 1. The Morgan fingerprint density at radius 2 is 1.83 bits per heavy atom. The van der Waals surface area contributed by atoms with Crippen LogP contribution in [0.25, 0.3) is 0 Å². The quantitative estimate of drug-likeness (QED) is 0.159. The van der Waals surface area contributed by atoms with E-state index in [4.69, 9.17) is 29.0 Å². The molecule has 5 atom stereocenters. The number of nitrogens with zero attached hydrogens (tertiary/aromatic N) is 1. The van der Waals surface area contributed by atoms with Crippen molar-refractivity contribution in [2.45, 2.75) is 71.5 Å². The lowest BCUT2D eigenvalue weighted by atomic mass is 10.00. The summed E-state index contributed by atoms with van der Waals surface area (Å²) in [6.45, 7) is 9.25. The number of hydrogen-bond acceptors (Lipinski definition) is 9. The number of fused-ring (bicyclic) bond motifs is 1.